The summed E-state index contributed by atoms with van der Waals surface area (Å²) < 4.78 is 16.9. The number of unbranched alkanes of at least 4 members (excludes halogenated alkanes) is 29. The topological polar surface area (TPSA) is 78.9 Å². The highest BCUT2D eigenvalue weighted by atomic mass is 16.6. The zero-order valence-electron chi connectivity index (χ0n) is 52.3. The second-order valence-electron chi connectivity index (χ2n) is 22.0. The molecule has 0 aliphatic heterocycles. The van der Waals surface area contributed by atoms with E-state index in [1.165, 1.54) is 135 Å². The first kappa shape index (κ1) is 75.8. The van der Waals surface area contributed by atoms with E-state index in [4.69, 9.17) is 14.2 Å². The summed E-state index contributed by atoms with van der Waals surface area (Å²) in [4.78, 5) is 38.4. The Hall–Kier alpha value is -4.19. The number of rotatable bonds is 60. The standard InChI is InChI=1S/C74H124O6/c1-4-7-10-13-16-19-22-25-28-31-34-35-36-37-38-39-41-43-46-49-52-55-58-61-64-67-73(76)79-70-71(69-78-72(75)66-63-60-57-54-51-48-45-42-33-30-27-24-21-18-15-12-9-6-3)80-74(77)68-65-62-59-56-53-50-47-44-40-32-29-26-23-20-17-14-11-8-5-2/h7,10,16-17,19-20,25-26,28-29,34-35,37-38,40-41,43-44,49,52,71H,4-6,8-9,11-15,18,21-24,27,30-33,36,39,42,45-48,50-51,53-70H2,1-3H3/b10-7-,19-16-,20-17-,28-25-,29-26-,35-34-,38-37-,43-41-,44-40-,52-49-. The molecule has 0 N–H and O–H groups in total. The van der Waals surface area contributed by atoms with Crippen LogP contribution < -0.4 is 0 Å². The van der Waals surface area contributed by atoms with Gasteiger partial charge in [-0.3, -0.25) is 14.4 Å². The van der Waals surface area contributed by atoms with Gasteiger partial charge in [-0.15, -0.1) is 0 Å². The fourth-order valence-corrected chi connectivity index (χ4v) is 9.20. The summed E-state index contributed by atoms with van der Waals surface area (Å²) in [6.07, 6.45) is 93.4. The molecular weight excluding hydrogens is 985 g/mol. The van der Waals surface area contributed by atoms with Gasteiger partial charge in [0.25, 0.3) is 0 Å². The molecule has 0 bridgehead atoms. The monoisotopic (exact) mass is 1110 g/mol. The van der Waals surface area contributed by atoms with Crippen molar-refractivity contribution in [2.75, 3.05) is 13.2 Å². The number of hydrogen-bond acceptors (Lipinski definition) is 6. The van der Waals surface area contributed by atoms with E-state index in [0.717, 1.165) is 135 Å². The average Bonchev–Trinajstić information content (AvgIpc) is 3.46. The first-order chi connectivity index (χ1) is 39.5. The van der Waals surface area contributed by atoms with Crippen LogP contribution in [0.1, 0.15) is 310 Å². The molecule has 0 fully saturated rings. The maximum Gasteiger partial charge on any atom is 0.306 e. The van der Waals surface area contributed by atoms with E-state index in [1.54, 1.807) is 0 Å². The first-order valence-electron chi connectivity index (χ1n) is 33.5. The Balaban J connectivity index is 4.47. The molecule has 6 heteroatoms. The van der Waals surface area contributed by atoms with E-state index in [0.29, 0.717) is 19.3 Å². The van der Waals surface area contributed by atoms with E-state index in [9.17, 15) is 14.4 Å². The number of hydrogen-bond donors (Lipinski definition) is 0. The van der Waals surface area contributed by atoms with Gasteiger partial charge in [0.15, 0.2) is 6.10 Å². The van der Waals surface area contributed by atoms with Crippen molar-refractivity contribution in [3.8, 4) is 0 Å². The predicted octanol–water partition coefficient (Wildman–Crippen LogP) is 23.2. The molecule has 6 nitrogen and oxygen atoms in total. The van der Waals surface area contributed by atoms with E-state index >= 15 is 0 Å². The second-order valence-corrected chi connectivity index (χ2v) is 22.0. The molecule has 0 amide bonds. The van der Waals surface area contributed by atoms with Crippen molar-refractivity contribution in [1.29, 1.82) is 0 Å². The summed E-state index contributed by atoms with van der Waals surface area (Å²) in [7, 11) is 0. The first-order valence-corrected chi connectivity index (χ1v) is 33.5. The van der Waals surface area contributed by atoms with Crippen molar-refractivity contribution in [1.82, 2.24) is 0 Å². The molecule has 1 unspecified atom stereocenters. The van der Waals surface area contributed by atoms with Gasteiger partial charge in [0.05, 0.1) is 0 Å². The molecule has 0 saturated heterocycles. The van der Waals surface area contributed by atoms with Crippen LogP contribution in [0.2, 0.25) is 0 Å². The van der Waals surface area contributed by atoms with Gasteiger partial charge in [-0.2, -0.15) is 0 Å². The van der Waals surface area contributed by atoms with E-state index < -0.39 is 6.10 Å². The minimum Gasteiger partial charge on any atom is -0.462 e. The smallest absolute Gasteiger partial charge is 0.306 e. The normalized spacial score (nSPS) is 12.9. The molecule has 80 heavy (non-hydrogen) atoms. The predicted molar refractivity (Wildman–Crippen MR) is 348 cm³/mol. The Morgan fingerprint density at radius 3 is 0.800 bits per heavy atom. The minimum absolute atomic E-state index is 0.0942. The van der Waals surface area contributed by atoms with Gasteiger partial charge >= 0.3 is 17.9 Å². The summed E-state index contributed by atoms with van der Waals surface area (Å²) in [6, 6.07) is 0. The molecule has 0 radical (unpaired) electrons. The molecule has 0 aromatic carbocycles. The highest BCUT2D eigenvalue weighted by molar-refractivity contribution is 5.71. The SMILES string of the molecule is CC/C=C\C/C=C\C/C=C\C/C=C\C/C=C\C/C=C\C/C=C\CCCCCC(=O)OCC(COC(=O)CCCCCCCCCCCCCCCCCCCC)OC(=O)CCCCCCCC/C=C\C/C=C\C/C=C\CCCCC. The van der Waals surface area contributed by atoms with Crippen LogP contribution >= 0.6 is 0 Å². The van der Waals surface area contributed by atoms with Crippen LogP contribution in [0.3, 0.4) is 0 Å². The number of carbonyl (C=O) groups is 3. The fourth-order valence-electron chi connectivity index (χ4n) is 9.20. The van der Waals surface area contributed by atoms with E-state index in [1.807, 2.05) is 0 Å². The van der Waals surface area contributed by atoms with Crippen LogP contribution in [0.15, 0.2) is 122 Å². The Morgan fingerprint density at radius 1 is 0.263 bits per heavy atom. The molecule has 0 spiro atoms. The molecule has 0 aromatic heterocycles. The Kier molecular flexibility index (Phi) is 63.8. The van der Waals surface area contributed by atoms with Crippen molar-refractivity contribution in [3.63, 3.8) is 0 Å². The summed E-state index contributed by atoms with van der Waals surface area (Å²) in [5.41, 5.74) is 0. The highest BCUT2D eigenvalue weighted by Gasteiger charge is 2.19. The third-order valence-corrected chi connectivity index (χ3v) is 14.2. The second kappa shape index (κ2) is 67.3. The fraction of sp³-hybridized carbons (Fsp3) is 0.689. The number of ether oxygens (including phenoxy) is 3. The van der Waals surface area contributed by atoms with Crippen LogP contribution in [-0.4, -0.2) is 37.2 Å². The molecule has 0 aromatic rings. The van der Waals surface area contributed by atoms with Crippen molar-refractivity contribution in [2.24, 2.45) is 0 Å². The third-order valence-electron chi connectivity index (χ3n) is 14.2. The van der Waals surface area contributed by atoms with Crippen molar-refractivity contribution >= 4 is 17.9 Å². The molecular formula is C74H124O6. The third kappa shape index (κ3) is 64.6. The van der Waals surface area contributed by atoms with E-state index in [-0.39, 0.29) is 31.1 Å². The lowest BCUT2D eigenvalue weighted by atomic mass is 10.0. The van der Waals surface area contributed by atoms with E-state index in [2.05, 4.69) is 142 Å². The Labute approximate surface area is 494 Å². The quantitative estimate of drug-likeness (QED) is 0.0261. The largest absolute Gasteiger partial charge is 0.462 e. The van der Waals surface area contributed by atoms with Gasteiger partial charge in [0, 0.05) is 19.3 Å². The van der Waals surface area contributed by atoms with Gasteiger partial charge in [0.2, 0.25) is 0 Å². The van der Waals surface area contributed by atoms with Crippen LogP contribution in [-0.2, 0) is 28.6 Å². The molecule has 0 aliphatic carbocycles. The van der Waals surface area contributed by atoms with Gasteiger partial charge in [-0.25, -0.2) is 0 Å². The lowest BCUT2D eigenvalue weighted by Gasteiger charge is -2.18. The number of allylic oxidation sites excluding steroid dienone is 20. The Morgan fingerprint density at radius 2 is 0.487 bits per heavy atom. The zero-order chi connectivity index (χ0) is 57.8. The lowest BCUT2D eigenvalue weighted by molar-refractivity contribution is -0.167. The molecule has 456 valence electrons. The lowest BCUT2D eigenvalue weighted by Crippen LogP contribution is -2.30. The summed E-state index contributed by atoms with van der Waals surface area (Å²) in [6.45, 7) is 6.49. The van der Waals surface area contributed by atoms with Crippen molar-refractivity contribution in [3.05, 3.63) is 122 Å². The minimum atomic E-state index is -0.803. The highest BCUT2D eigenvalue weighted by Crippen LogP contribution is 2.16. The van der Waals surface area contributed by atoms with Gasteiger partial charge in [-0.1, -0.05) is 296 Å². The van der Waals surface area contributed by atoms with Crippen molar-refractivity contribution < 1.29 is 28.6 Å². The number of esters is 3. The Bertz CT molecular complexity index is 1650. The summed E-state index contributed by atoms with van der Waals surface area (Å²) in [5, 5.41) is 0. The van der Waals surface area contributed by atoms with Crippen LogP contribution in [0.25, 0.3) is 0 Å². The van der Waals surface area contributed by atoms with Gasteiger partial charge in [0.1, 0.15) is 13.2 Å². The van der Waals surface area contributed by atoms with Gasteiger partial charge in [-0.05, 0) is 116 Å². The zero-order valence-corrected chi connectivity index (χ0v) is 52.3. The molecule has 0 aliphatic rings. The molecule has 0 saturated carbocycles. The van der Waals surface area contributed by atoms with Gasteiger partial charge < -0.3 is 14.2 Å². The summed E-state index contributed by atoms with van der Waals surface area (Å²) in [5.74, 6) is -0.932. The summed E-state index contributed by atoms with van der Waals surface area (Å²) >= 11 is 0. The number of carbonyl (C=O) groups excluding carboxylic acids is 3. The maximum atomic E-state index is 12.9. The molecule has 0 heterocycles. The maximum absolute atomic E-state index is 12.9. The average molecular weight is 1110 g/mol. The molecule has 0 rings (SSSR count). The van der Waals surface area contributed by atoms with Crippen LogP contribution in [0.4, 0.5) is 0 Å². The van der Waals surface area contributed by atoms with Crippen molar-refractivity contribution in [2.45, 2.75) is 316 Å². The van der Waals surface area contributed by atoms with Crippen LogP contribution in [0.5, 0.6) is 0 Å². The van der Waals surface area contributed by atoms with Crippen LogP contribution in [0, 0.1) is 0 Å². The molecule has 1 atom stereocenters.